The second kappa shape index (κ2) is 5.47. The smallest absolute Gasteiger partial charge is 0.114 e. The molecule has 0 bridgehead atoms. The first-order valence-electron chi connectivity index (χ1n) is 2.55. The van der Waals surface area contributed by atoms with Crippen molar-refractivity contribution in [3.63, 3.8) is 0 Å². The molecular weight excluding hydrogens is 90.1 g/mol. The van der Waals surface area contributed by atoms with Crippen LogP contribution >= 0.6 is 0 Å². The Kier molecular flexibility index (Phi) is 5.06. The average molecular weight is 101 g/mol. The lowest BCUT2D eigenvalue weighted by Gasteiger charge is -1.86. The molecule has 0 spiro atoms. The highest BCUT2D eigenvalue weighted by Crippen LogP contribution is 1.72. The summed E-state index contributed by atoms with van der Waals surface area (Å²) in [5.41, 5.74) is 0. The van der Waals surface area contributed by atoms with E-state index in [1.807, 2.05) is 13.8 Å². The summed E-state index contributed by atoms with van der Waals surface area (Å²) in [6.45, 7) is 4.59. The van der Waals surface area contributed by atoms with Gasteiger partial charge in [0.2, 0.25) is 0 Å². The quantitative estimate of drug-likeness (QED) is 0.389. The third kappa shape index (κ3) is 5.47. The maximum Gasteiger partial charge on any atom is 0.114 e. The molecule has 0 aromatic carbocycles. The molecule has 7 heavy (non-hydrogen) atoms. The molecule has 0 saturated heterocycles. The van der Waals surface area contributed by atoms with Crippen LogP contribution in [0.3, 0.4) is 0 Å². The largest absolute Gasteiger partial charge is 0.396 e. The molecule has 0 saturated carbocycles. The predicted molar refractivity (Wildman–Crippen MR) is 30.4 cm³/mol. The third-order valence-corrected chi connectivity index (χ3v) is 0.461. The van der Waals surface area contributed by atoms with Crippen LogP contribution in [-0.4, -0.2) is 12.8 Å². The van der Waals surface area contributed by atoms with E-state index in [4.69, 9.17) is 0 Å². The zero-order valence-corrected chi connectivity index (χ0v) is 4.85. The van der Waals surface area contributed by atoms with E-state index in [0.29, 0.717) is 6.61 Å². The first-order valence-corrected chi connectivity index (χ1v) is 2.55. The number of hydrogen-bond donors (Lipinski definition) is 0. The van der Waals surface area contributed by atoms with Gasteiger partial charge in [-0.3, -0.25) is 0 Å². The van der Waals surface area contributed by atoms with Crippen LogP contribution in [0, 0.1) is 0 Å². The SMILES string of the molecule is CC/C=N/OCC. The van der Waals surface area contributed by atoms with Gasteiger partial charge in [0.25, 0.3) is 0 Å². The first-order chi connectivity index (χ1) is 3.41. The maximum atomic E-state index is 4.64. The molecule has 0 unspecified atom stereocenters. The first kappa shape index (κ1) is 6.47. The lowest BCUT2D eigenvalue weighted by atomic mass is 10.6. The fourth-order valence-electron chi connectivity index (χ4n) is 0.202. The van der Waals surface area contributed by atoms with E-state index in [-0.39, 0.29) is 0 Å². The molecule has 0 amide bonds. The van der Waals surface area contributed by atoms with Crippen LogP contribution in [0.15, 0.2) is 5.16 Å². The molecule has 0 aromatic heterocycles. The lowest BCUT2D eigenvalue weighted by molar-refractivity contribution is 0.160. The van der Waals surface area contributed by atoms with Gasteiger partial charge < -0.3 is 4.84 Å². The third-order valence-electron chi connectivity index (χ3n) is 0.461. The summed E-state index contributed by atoms with van der Waals surface area (Å²) < 4.78 is 0. The molecule has 42 valence electrons. The number of hydrogen-bond acceptors (Lipinski definition) is 2. The second-order valence-electron chi connectivity index (χ2n) is 1.11. The highest BCUT2D eigenvalue weighted by atomic mass is 16.6. The molecule has 0 aliphatic rings. The van der Waals surface area contributed by atoms with Crippen LogP contribution in [0.4, 0.5) is 0 Å². The summed E-state index contributed by atoms with van der Waals surface area (Å²) in [5, 5.41) is 3.58. The lowest BCUT2D eigenvalue weighted by Crippen LogP contribution is -1.78. The Morgan fingerprint density at radius 3 is 2.71 bits per heavy atom. The van der Waals surface area contributed by atoms with Crippen molar-refractivity contribution in [1.82, 2.24) is 0 Å². The van der Waals surface area contributed by atoms with E-state index in [9.17, 15) is 0 Å². The summed E-state index contributed by atoms with van der Waals surface area (Å²) >= 11 is 0. The topological polar surface area (TPSA) is 21.6 Å². The van der Waals surface area contributed by atoms with E-state index in [2.05, 4.69) is 9.99 Å². The minimum absolute atomic E-state index is 0.663. The number of rotatable bonds is 3. The van der Waals surface area contributed by atoms with E-state index in [1.54, 1.807) is 6.21 Å². The summed E-state index contributed by atoms with van der Waals surface area (Å²) in [7, 11) is 0. The van der Waals surface area contributed by atoms with Gasteiger partial charge in [-0.1, -0.05) is 12.1 Å². The highest BCUT2D eigenvalue weighted by molar-refractivity contribution is 5.55. The van der Waals surface area contributed by atoms with Gasteiger partial charge in [-0.15, -0.1) is 0 Å². The molecule has 0 N–H and O–H groups in total. The van der Waals surface area contributed by atoms with E-state index in [1.165, 1.54) is 0 Å². The van der Waals surface area contributed by atoms with Crippen molar-refractivity contribution in [2.45, 2.75) is 20.3 Å². The van der Waals surface area contributed by atoms with Crippen LogP contribution in [0.5, 0.6) is 0 Å². The number of oxime groups is 1. The van der Waals surface area contributed by atoms with Gasteiger partial charge >= 0.3 is 0 Å². The van der Waals surface area contributed by atoms with Crippen molar-refractivity contribution in [2.24, 2.45) is 5.16 Å². The van der Waals surface area contributed by atoms with Gasteiger partial charge in [0.05, 0.1) is 0 Å². The molecule has 0 fully saturated rings. The monoisotopic (exact) mass is 101 g/mol. The summed E-state index contributed by atoms with van der Waals surface area (Å²) in [5.74, 6) is 0. The van der Waals surface area contributed by atoms with Gasteiger partial charge in [-0.05, 0) is 13.3 Å². The summed E-state index contributed by atoms with van der Waals surface area (Å²) in [6.07, 6.45) is 2.68. The molecular formula is C5H11NO. The molecule has 0 radical (unpaired) electrons. The van der Waals surface area contributed by atoms with Crippen LogP contribution < -0.4 is 0 Å². The summed E-state index contributed by atoms with van der Waals surface area (Å²) in [4.78, 5) is 4.64. The van der Waals surface area contributed by atoms with Gasteiger partial charge in [-0.2, -0.15) is 0 Å². The second-order valence-corrected chi connectivity index (χ2v) is 1.11. The summed E-state index contributed by atoms with van der Waals surface area (Å²) in [6, 6.07) is 0. The van der Waals surface area contributed by atoms with Crippen LogP contribution in [-0.2, 0) is 4.84 Å². The van der Waals surface area contributed by atoms with Crippen LogP contribution in [0.1, 0.15) is 20.3 Å². The Balaban J connectivity index is 2.78. The molecule has 0 heterocycles. The fourth-order valence-corrected chi connectivity index (χ4v) is 0.202. The van der Waals surface area contributed by atoms with E-state index in [0.717, 1.165) is 6.42 Å². The van der Waals surface area contributed by atoms with Gasteiger partial charge in [0.1, 0.15) is 6.61 Å². The zero-order valence-electron chi connectivity index (χ0n) is 4.85. The average Bonchev–Trinajstić information content (AvgIpc) is 1.69. The Morgan fingerprint density at radius 1 is 1.57 bits per heavy atom. The zero-order chi connectivity index (χ0) is 5.54. The van der Waals surface area contributed by atoms with E-state index >= 15 is 0 Å². The molecule has 2 heteroatoms. The van der Waals surface area contributed by atoms with Crippen LogP contribution in [0.25, 0.3) is 0 Å². The van der Waals surface area contributed by atoms with Gasteiger partial charge in [-0.25, -0.2) is 0 Å². The van der Waals surface area contributed by atoms with Crippen molar-refractivity contribution >= 4 is 6.21 Å². The van der Waals surface area contributed by atoms with Crippen molar-refractivity contribution in [1.29, 1.82) is 0 Å². The van der Waals surface area contributed by atoms with Crippen molar-refractivity contribution < 1.29 is 4.84 Å². The van der Waals surface area contributed by atoms with E-state index < -0.39 is 0 Å². The standard InChI is InChI=1S/C5H11NO/c1-3-5-6-7-4-2/h5H,3-4H2,1-2H3/b6-5+. The van der Waals surface area contributed by atoms with Crippen LogP contribution in [0.2, 0.25) is 0 Å². The Hall–Kier alpha value is -0.530. The Labute approximate surface area is 44.2 Å². The molecule has 2 nitrogen and oxygen atoms in total. The minimum atomic E-state index is 0.663. The van der Waals surface area contributed by atoms with Gasteiger partial charge in [0.15, 0.2) is 0 Å². The molecule has 0 aliphatic heterocycles. The molecule has 0 aromatic rings. The predicted octanol–water partition coefficient (Wildman–Crippen LogP) is 1.42. The number of nitrogens with zero attached hydrogens (tertiary/aromatic N) is 1. The Bertz CT molecular complexity index is 52.0. The molecule has 0 rings (SSSR count). The minimum Gasteiger partial charge on any atom is -0.396 e. The van der Waals surface area contributed by atoms with Gasteiger partial charge in [0, 0.05) is 6.21 Å². The Morgan fingerprint density at radius 2 is 2.29 bits per heavy atom. The normalized spacial score (nSPS) is 10.0. The van der Waals surface area contributed by atoms with Crippen molar-refractivity contribution in [3.05, 3.63) is 0 Å². The van der Waals surface area contributed by atoms with Crippen molar-refractivity contribution in [2.75, 3.05) is 6.61 Å². The molecule has 0 aliphatic carbocycles. The van der Waals surface area contributed by atoms with Crippen molar-refractivity contribution in [3.8, 4) is 0 Å². The molecule has 0 atom stereocenters. The maximum absolute atomic E-state index is 4.64. The highest BCUT2D eigenvalue weighted by Gasteiger charge is 1.65. The fraction of sp³-hybridized carbons (Fsp3) is 0.800.